The molecule has 0 saturated heterocycles. The highest BCUT2D eigenvalue weighted by atomic mass is 79.9. The first-order valence-corrected chi connectivity index (χ1v) is 7.00. The van der Waals surface area contributed by atoms with E-state index < -0.39 is 0 Å². The van der Waals surface area contributed by atoms with Crippen LogP contribution in [0.3, 0.4) is 0 Å². The number of hydrogen-bond donors (Lipinski definition) is 0. The van der Waals surface area contributed by atoms with Crippen molar-refractivity contribution in [3.05, 3.63) is 23.8 Å². The summed E-state index contributed by atoms with van der Waals surface area (Å²) in [5.74, 6) is 2.31. The highest BCUT2D eigenvalue weighted by Gasteiger charge is 2.13. The first-order valence-electron chi connectivity index (χ1n) is 5.88. The van der Waals surface area contributed by atoms with Gasteiger partial charge in [-0.25, -0.2) is 0 Å². The van der Waals surface area contributed by atoms with E-state index >= 15 is 0 Å². The summed E-state index contributed by atoms with van der Waals surface area (Å²) in [5.41, 5.74) is 0.546. The minimum Gasteiger partial charge on any atom is -0.497 e. The number of benzene rings is 1. The van der Waals surface area contributed by atoms with Crippen molar-refractivity contribution in [3.8, 4) is 17.6 Å². The first kappa shape index (κ1) is 14.8. The Labute approximate surface area is 117 Å². The molecule has 3 nitrogen and oxygen atoms in total. The predicted octanol–water partition coefficient (Wildman–Crippen LogP) is 3.61. The first-order chi connectivity index (χ1) is 8.60. The Kier molecular flexibility index (Phi) is 6.00. The molecule has 0 aromatic heterocycles. The molecular weight excluding hydrogens is 294 g/mol. The van der Waals surface area contributed by atoms with Gasteiger partial charge in [0.05, 0.1) is 25.3 Å². The van der Waals surface area contributed by atoms with Crippen LogP contribution in [0.15, 0.2) is 18.2 Å². The maximum absolute atomic E-state index is 8.93. The molecule has 1 unspecified atom stereocenters. The number of ether oxygens (including phenoxy) is 2. The minimum atomic E-state index is 0.446. The predicted molar refractivity (Wildman–Crippen MR) is 75.3 cm³/mol. The third-order valence-electron chi connectivity index (χ3n) is 2.85. The van der Waals surface area contributed by atoms with Gasteiger partial charge in [-0.05, 0) is 18.1 Å². The van der Waals surface area contributed by atoms with Crippen molar-refractivity contribution in [1.82, 2.24) is 0 Å². The summed E-state index contributed by atoms with van der Waals surface area (Å²) in [6.45, 7) is 4.96. The Morgan fingerprint density at radius 1 is 1.28 bits per heavy atom. The van der Waals surface area contributed by atoms with Crippen molar-refractivity contribution < 1.29 is 9.47 Å². The zero-order valence-corrected chi connectivity index (χ0v) is 12.5. The van der Waals surface area contributed by atoms with Crippen molar-refractivity contribution in [2.45, 2.75) is 13.8 Å². The number of methoxy groups -OCH3 is 1. The molecule has 1 aromatic rings. The van der Waals surface area contributed by atoms with E-state index in [-0.39, 0.29) is 0 Å². The molecule has 0 amide bonds. The molecule has 0 aliphatic rings. The van der Waals surface area contributed by atoms with Crippen LogP contribution in [0.5, 0.6) is 11.5 Å². The Morgan fingerprint density at radius 3 is 2.44 bits per heavy atom. The van der Waals surface area contributed by atoms with E-state index in [4.69, 9.17) is 14.7 Å². The minimum absolute atomic E-state index is 0.446. The van der Waals surface area contributed by atoms with Gasteiger partial charge >= 0.3 is 0 Å². The molecule has 18 heavy (non-hydrogen) atoms. The van der Waals surface area contributed by atoms with Crippen LogP contribution in [0.1, 0.15) is 19.4 Å². The Hall–Kier alpha value is -1.21. The third kappa shape index (κ3) is 4.23. The number of halogens is 1. The summed E-state index contributed by atoms with van der Waals surface area (Å²) < 4.78 is 10.9. The van der Waals surface area contributed by atoms with Gasteiger partial charge < -0.3 is 9.47 Å². The van der Waals surface area contributed by atoms with Crippen molar-refractivity contribution in [3.63, 3.8) is 0 Å². The Bertz CT molecular complexity index is 426. The van der Waals surface area contributed by atoms with Crippen LogP contribution < -0.4 is 9.47 Å². The quantitative estimate of drug-likeness (QED) is 0.754. The van der Waals surface area contributed by atoms with Crippen LogP contribution in [0, 0.1) is 23.2 Å². The normalized spacial score (nSPS) is 12.0. The van der Waals surface area contributed by atoms with Gasteiger partial charge in [0, 0.05) is 17.3 Å². The second kappa shape index (κ2) is 7.27. The number of nitriles is 1. The summed E-state index contributed by atoms with van der Waals surface area (Å²) >= 11 is 3.49. The summed E-state index contributed by atoms with van der Waals surface area (Å²) in [4.78, 5) is 0. The fraction of sp³-hybridized carbons (Fsp3) is 0.500. The van der Waals surface area contributed by atoms with Gasteiger partial charge in [0.1, 0.15) is 11.5 Å². The molecule has 0 aliphatic carbocycles. The van der Waals surface area contributed by atoms with Crippen LogP contribution >= 0.6 is 15.9 Å². The zero-order chi connectivity index (χ0) is 13.5. The lowest BCUT2D eigenvalue weighted by Crippen LogP contribution is -2.19. The highest BCUT2D eigenvalue weighted by molar-refractivity contribution is 9.09. The van der Waals surface area contributed by atoms with Gasteiger partial charge in [0.15, 0.2) is 0 Å². The maximum Gasteiger partial charge on any atom is 0.124 e. The van der Waals surface area contributed by atoms with Gasteiger partial charge in [0.25, 0.3) is 0 Å². The van der Waals surface area contributed by atoms with E-state index in [0.29, 0.717) is 35.5 Å². The summed E-state index contributed by atoms with van der Waals surface area (Å²) in [6.07, 6.45) is 0. The molecule has 0 heterocycles. The Balaban J connectivity index is 2.75. The maximum atomic E-state index is 8.93. The molecule has 0 saturated carbocycles. The van der Waals surface area contributed by atoms with Crippen molar-refractivity contribution in [2.24, 2.45) is 11.8 Å². The Morgan fingerprint density at radius 2 is 1.94 bits per heavy atom. The molecule has 0 N–H and O–H groups in total. The van der Waals surface area contributed by atoms with E-state index in [1.807, 2.05) is 0 Å². The zero-order valence-electron chi connectivity index (χ0n) is 10.9. The monoisotopic (exact) mass is 311 g/mol. The van der Waals surface area contributed by atoms with Crippen LogP contribution in [-0.2, 0) is 0 Å². The molecule has 0 fully saturated rings. The molecule has 4 heteroatoms. The number of alkyl halides is 1. The standard InChI is InChI=1S/C14H18BrNO2/c1-10(2)12(7-15)9-18-14-5-11(8-16)4-13(6-14)17-3/h4-6,10,12H,7,9H2,1-3H3. The molecule has 0 spiro atoms. The lowest BCUT2D eigenvalue weighted by Gasteiger charge is -2.19. The van der Waals surface area contributed by atoms with Crippen molar-refractivity contribution in [2.75, 3.05) is 19.0 Å². The van der Waals surface area contributed by atoms with Crippen LogP contribution in [0.2, 0.25) is 0 Å². The van der Waals surface area contributed by atoms with Crippen LogP contribution in [-0.4, -0.2) is 19.0 Å². The third-order valence-corrected chi connectivity index (χ3v) is 3.68. The molecular formula is C14H18BrNO2. The second-order valence-corrected chi connectivity index (χ2v) is 5.13. The molecule has 98 valence electrons. The molecule has 0 bridgehead atoms. The molecule has 1 atom stereocenters. The lowest BCUT2D eigenvalue weighted by molar-refractivity contribution is 0.227. The molecule has 0 aliphatic heterocycles. The van der Waals surface area contributed by atoms with Gasteiger partial charge in [-0.3, -0.25) is 0 Å². The highest BCUT2D eigenvalue weighted by Crippen LogP contribution is 2.24. The van der Waals surface area contributed by atoms with Gasteiger partial charge in [-0.1, -0.05) is 29.8 Å². The summed E-state index contributed by atoms with van der Waals surface area (Å²) in [6, 6.07) is 7.32. The van der Waals surface area contributed by atoms with Gasteiger partial charge in [-0.15, -0.1) is 0 Å². The molecule has 0 radical (unpaired) electrons. The van der Waals surface area contributed by atoms with Gasteiger partial charge in [-0.2, -0.15) is 5.26 Å². The largest absolute Gasteiger partial charge is 0.497 e. The number of nitrogens with zero attached hydrogens (tertiary/aromatic N) is 1. The summed E-state index contributed by atoms with van der Waals surface area (Å²) in [7, 11) is 1.58. The van der Waals surface area contributed by atoms with E-state index in [1.54, 1.807) is 25.3 Å². The van der Waals surface area contributed by atoms with E-state index in [1.165, 1.54) is 0 Å². The van der Waals surface area contributed by atoms with E-state index in [9.17, 15) is 0 Å². The van der Waals surface area contributed by atoms with E-state index in [2.05, 4.69) is 35.8 Å². The number of hydrogen-bond acceptors (Lipinski definition) is 3. The van der Waals surface area contributed by atoms with Crippen LogP contribution in [0.4, 0.5) is 0 Å². The molecule has 1 aromatic carbocycles. The average molecular weight is 312 g/mol. The fourth-order valence-electron chi connectivity index (χ4n) is 1.46. The SMILES string of the molecule is COc1cc(C#N)cc(OCC(CBr)C(C)C)c1. The van der Waals surface area contributed by atoms with Crippen molar-refractivity contribution in [1.29, 1.82) is 5.26 Å². The fourth-order valence-corrected chi connectivity index (χ4v) is 2.39. The van der Waals surface area contributed by atoms with E-state index in [0.717, 1.165) is 5.33 Å². The van der Waals surface area contributed by atoms with Crippen molar-refractivity contribution >= 4 is 15.9 Å². The second-order valence-electron chi connectivity index (χ2n) is 4.48. The lowest BCUT2D eigenvalue weighted by atomic mass is 9.99. The smallest absolute Gasteiger partial charge is 0.124 e. The average Bonchev–Trinajstić information content (AvgIpc) is 2.38. The molecule has 1 rings (SSSR count). The topological polar surface area (TPSA) is 42.2 Å². The summed E-state index contributed by atoms with van der Waals surface area (Å²) in [5, 5.41) is 9.83. The van der Waals surface area contributed by atoms with Crippen LogP contribution in [0.25, 0.3) is 0 Å². The van der Waals surface area contributed by atoms with Gasteiger partial charge in [0.2, 0.25) is 0 Å². The number of rotatable bonds is 6.